The molecule has 1 aromatic heterocycles. The van der Waals surface area contributed by atoms with Crippen molar-refractivity contribution in [2.75, 3.05) is 13.1 Å². The van der Waals surface area contributed by atoms with Gasteiger partial charge >= 0.3 is 0 Å². The summed E-state index contributed by atoms with van der Waals surface area (Å²) < 4.78 is 5.44. The first kappa shape index (κ1) is 19.6. The standard InChI is InChI=1S/C22H27N3O4/c1-21(2)18(22(21,3)4)19(27)24-14-10-25(11-15(14)26)20(28)16-17(29-12-23-16)13-8-6-5-7-9-13/h5-9,12,14-15,18,26H,10-11H2,1-4H3,(H,24,27)/t14-,15-/m1/s1. The monoisotopic (exact) mass is 397 g/mol. The maximum Gasteiger partial charge on any atom is 0.276 e. The molecule has 1 aliphatic heterocycles. The number of β-amino-alcohol motifs (C(OH)–C–C–N with tert-alkyl or cyclic N) is 1. The summed E-state index contributed by atoms with van der Waals surface area (Å²) in [5.74, 6) is -0.0866. The Kier molecular flexibility index (Phi) is 4.53. The summed E-state index contributed by atoms with van der Waals surface area (Å²) in [7, 11) is 0. The van der Waals surface area contributed by atoms with Crippen LogP contribution in [0.15, 0.2) is 41.1 Å². The molecule has 1 saturated carbocycles. The van der Waals surface area contributed by atoms with Crippen molar-refractivity contribution >= 4 is 11.8 Å². The fraction of sp³-hybridized carbons (Fsp3) is 0.500. The Bertz CT molecular complexity index is 921. The summed E-state index contributed by atoms with van der Waals surface area (Å²) in [6.07, 6.45) is 0.429. The summed E-state index contributed by atoms with van der Waals surface area (Å²) in [5, 5.41) is 13.4. The van der Waals surface area contributed by atoms with E-state index >= 15 is 0 Å². The number of aliphatic hydroxyl groups is 1. The van der Waals surface area contributed by atoms with Gasteiger partial charge < -0.3 is 19.7 Å². The van der Waals surface area contributed by atoms with Crippen molar-refractivity contribution < 1.29 is 19.1 Å². The molecule has 7 heteroatoms. The summed E-state index contributed by atoms with van der Waals surface area (Å²) in [6, 6.07) is 8.80. The highest BCUT2D eigenvalue weighted by atomic mass is 16.3. The molecule has 2 fully saturated rings. The first-order valence-electron chi connectivity index (χ1n) is 9.91. The molecule has 2 heterocycles. The molecule has 0 unspecified atom stereocenters. The second-order valence-corrected chi connectivity index (χ2v) is 9.17. The number of rotatable bonds is 4. The van der Waals surface area contributed by atoms with Crippen LogP contribution in [0.3, 0.4) is 0 Å². The van der Waals surface area contributed by atoms with Crippen LogP contribution < -0.4 is 5.32 Å². The Morgan fingerprint density at radius 1 is 1.14 bits per heavy atom. The first-order chi connectivity index (χ1) is 13.6. The van der Waals surface area contributed by atoms with Gasteiger partial charge in [0.15, 0.2) is 17.8 Å². The van der Waals surface area contributed by atoms with Crippen LogP contribution in [-0.4, -0.2) is 52.0 Å². The van der Waals surface area contributed by atoms with Crippen LogP contribution >= 0.6 is 0 Å². The lowest BCUT2D eigenvalue weighted by atomic mass is 10.0. The van der Waals surface area contributed by atoms with Crippen molar-refractivity contribution in [3.8, 4) is 11.3 Å². The van der Waals surface area contributed by atoms with E-state index in [2.05, 4.69) is 38.0 Å². The Balaban J connectivity index is 1.45. The largest absolute Gasteiger partial charge is 0.443 e. The van der Waals surface area contributed by atoms with E-state index in [9.17, 15) is 14.7 Å². The average molecular weight is 397 g/mol. The minimum Gasteiger partial charge on any atom is -0.443 e. The van der Waals surface area contributed by atoms with Gasteiger partial charge in [-0.3, -0.25) is 9.59 Å². The zero-order valence-corrected chi connectivity index (χ0v) is 17.2. The van der Waals surface area contributed by atoms with Gasteiger partial charge in [0.25, 0.3) is 5.91 Å². The number of hydrogen-bond acceptors (Lipinski definition) is 5. The number of nitrogens with one attached hydrogen (secondary N) is 1. The van der Waals surface area contributed by atoms with Gasteiger partial charge in [-0.25, -0.2) is 4.98 Å². The molecule has 2 N–H and O–H groups in total. The molecule has 7 nitrogen and oxygen atoms in total. The van der Waals surface area contributed by atoms with Crippen molar-refractivity contribution in [1.82, 2.24) is 15.2 Å². The van der Waals surface area contributed by atoms with Gasteiger partial charge in [0.2, 0.25) is 5.91 Å². The lowest BCUT2D eigenvalue weighted by Crippen LogP contribution is -2.44. The number of benzene rings is 1. The number of carbonyl (C=O) groups excluding carboxylic acids is 2. The number of likely N-dealkylation sites (tertiary alicyclic amines) is 1. The predicted octanol–water partition coefficient (Wildman–Crippen LogP) is 2.33. The highest BCUT2D eigenvalue weighted by Gasteiger charge is 2.68. The molecule has 0 spiro atoms. The second-order valence-electron chi connectivity index (χ2n) is 9.17. The SMILES string of the molecule is CC1(C)C(C(=O)N[C@@H]2CN(C(=O)c3ncoc3-c3ccccc3)C[C@H]2O)C1(C)C. The maximum atomic E-state index is 13.0. The van der Waals surface area contributed by atoms with E-state index in [4.69, 9.17) is 4.42 Å². The van der Waals surface area contributed by atoms with Crippen LogP contribution in [-0.2, 0) is 4.79 Å². The first-order valence-corrected chi connectivity index (χ1v) is 9.91. The quantitative estimate of drug-likeness (QED) is 0.826. The Morgan fingerprint density at radius 2 is 1.79 bits per heavy atom. The zero-order valence-electron chi connectivity index (χ0n) is 17.2. The molecule has 2 atom stereocenters. The van der Waals surface area contributed by atoms with E-state index in [0.717, 1.165) is 5.56 Å². The number of hydrogen-bond donors (Lipinski definition) is 2. The van der Waals surface area contributed by atoms with Crippen LogP contribution in [0.5, 0.6) is 0 Å². The van der Waals surface area contributed by atoms with E-state index in [1.54, 1.807) is 0 Å². The lowest BCUT2D eigenvalue weighted by Gasteiger charge is -2.17. The van der Waals surface area contributed by atoms with Crippen molar-refractivity contribution in [2.24, 2.45) is 16.7 Å². The molecule has 2 aliphatic rings. The van der Waals surface area contributed by atoms with Gasteiger partial charge in [-0.1, -0.05) is 58.0 Å². The van der Waals surface area contributed by atoms with Crippen molar-refractivity contribution in [2.45, 2.75) is 39.8 Å². The van der Waals surface area contributed by atoms with Crippen LogP contribution in [0, 0.1) is 16.7 Å². The molecule has 2 amide bonds. The fourth-order valence-electron chi connectivity index (χ4n) is 4.55. The number of nitrogens with zero attached hydrogens (tertiary/aromatic N) is 2. The summed E-state index contributed by atoms with van der Waals surface area (Å²) in [6.45, 7) is 8.69. The molecule has 4 rings (SSSR count). The number of carbonyl (C=O) groups is 2. The topological polar surface area (TPSA) is 95.7 Å². The van der Waals surface area contributed by atoms with Gasteiger partial charge in [-0.2, -0.15) is 0 Å². The van der Waals surface area contributed by atoms with Crippen molar-refractivity contribution in [3.05, 3.63) is 42.4 Å². The normalized spacial score (nSPS) is 25.1. The molecule has 29 heavy (non-hydrogen) atoms. The van der Waals surface area contributed by atoms with E-state index in [1.807, 2.05) is 30.3 Å². The van der Waals surface area contributed by atoms with Gasteiger partial charge in [-0.15, -0.1) is 0 Å². The summed E-state index contributed by atoms with van der Waals surface area (Å²) >= 11 is 0. The van der Waals surface area contributed by atoms with Gasteiger partial charge in [0.1, 0.15) is 0 Å². The van der Waals surface area contributed by atoms with Crippen LogP contribution in [0.25, 0.3) is 11.3 Å². The third kappa shape index (κ3) is 3.13. The molecule has 1 aliphatic carbocycles. The number of amides is 2. The zero-order chi connectivity index (χ0) is 21.0. The maximum absolute atomic E-state index is 13.0. The number of aromatic nitrogens is 1. The molecule has 0 bridgehead atoms. The summed E-state index contributed by atoms with van der Waals surface area (Å²) in [5.41, 5.74) is 0.805. The molecule has 0 radical (unpaired) electrons. The Hall–Kier alpha value is -2.67. The number of aliphatic hydroxyl groups excluding tert-OH is 1. The third-order valence-corrected chi connectivity index (χ3v) is 6.99. The van der Waals surface area contributed by atoms with E-state index in [0.29, 0.717) is 5.76 Å². The lowest BCUT2D eigenvalue weighted by molar-refractivity contribution is -0.124. The molecule has 2 aromatic rings. The van der Waals surface area contributed by atoms with Gasteiger partial charge in [0.05, 0.1) is 12.1 Å². The summed E-state index contributed by atoms with van der Waals surface area (Å²) in [4.78, 5) is 31.4. The molecule has 154 valence electrons. The van der Waals surface area contributed by atoms with Crippen LogP contribution in [0.1, 0.15) is 38.2 Å². The molecular formula is C22H27N3O4. The van der Waals surface area contributed by atoms with E-state index in [-0.39, 0.29) is 47.3 Å². The minimum absolute atomic E-state index is 0.0650. The highest BCUT2D eigenvalue weighted by Crippen LogP contribution is 2.68. The van der Waals surface area contributed by atoms with Crippen LogP contribution in [0.4, 0.5) is 0 Å². The van der Waals surface area contributed by atoms with Crippen molar-refractivity contribution in [1.29, 1.82) is 0 Å². The number of oxazole rings is 1. The molecular weight excluding hydrogens is 370 g/mol. The Morgan fingerprint density at radius 3 is 2.41 bits per heavy atom. The molecule has 1 aromatic carbocycles. The Labute approximate surface area is 170 Å². The fourth-order valence-corrected chi connectivity index (χ4v) is 4.55. The van der Waals surface area contributed by atoms with E-state index < -0.39 is 12.1 Å². The highest BCUT2D eigenvalue weighted by molar-refractivity contribution is 5.98. The minimum atomic E-state index is -0.819. The van der Waals surface area contributed by atoms with Crippen LogP contribution in [0.2, 0.25) is 0 Å². The van der Waals surface area contributed by atoms with Gasteiger partial charge in [0, 0.05) is 24.6 Å². The molecule has 1 saturated heterocycles. The van der Waals surface area contributed by atoms with Crippen molar-refractivity contribution in [3.63, 3.8) is 0 Å². The second kappa shape index (κ2) is 6.69. The average Bonchev–Trinajstić information content (AvgIpc) is 3.10. The predicted molar refractivity (Wildman–Crippen MR) is 107 cm³/mol. The van der Waals surface area contributed by atoms with E-state index in [1.165, 1.54) is 11.3 Å². The van der Waals surface area contributed by atoms with Gasteiger partial charge in [-0.05, 0) is 10.8 Å². The third-order valence-electron chi connectivity index (χ3n) is 6.99. The smallest absolute Gasteiger partial charge is 0.276 e.